The minimum Gasteiger partial charge on any atom is -0.463 e. The zero-order valence-corrected chi connectivity index (χ0v) is 6.51. The fourth-order valence-corrected chi connectivity index (χ4v) is 0.447. The first-order valence-corrected chi connectivity index (χ1v) is 3.06. The van der Waals surface area contributed by atoms with E-state index < -0.39 is 5.97 Å². The summed E-state index contributed by atoms with van der Waals surface area (Å²) in [4.78, 5) is 10.3. The topological polar surface area (TPSA) is 35.5 Å². The van der Waals surface area contributed by atoms with Gasteiger partial charge in [0.1, 0.15) is 0 Å². The van der Waals surface area contributed by atoms with Crippen molar-refractivity contribution in [3.8, 4) is 0 Å². The van der Waals surface area contributed by atoms with Crippen LogP contribution < -0.4 is 0 Å². The van der Waals surface area contributed by atoms with E-state index in [2.05, 4.69) is 11.3 Å². The quantitative estimate of drug-likeness (QED) is 0.444. The van der Waals surface area contributed by atoms with Gasteiger partial charge in [-0.3, -0.25) is 4.79 Å². The molecule has 58 valence electrons. The van der Waals surface area contributed by atoms with Gasteiger partial charge in [-0.05, 0) is 20.4 Å². The van der Waals surface area contributed by atoms with Gasteiger partial charge < -0.3 is 9.47 Å². The minimum absolute atomic E-state index is 0.00755. The summed E-state index contributed by atoms with van der Waals surface area (Å²) in [5.41, 5.74) is 0. The Kier molecular flexibility index (Phi) is 3.54. The average molecular weight is 144 g/mol. The van der Waals surface area contributed by atoms with E-state index in [0.29, 0.717) is 0 Å². The Morgan fingerprint density at radius 2 is 2.00 bits per heavy atom. The number of carbonyl (C=O) groups excluding carboxylic acids is 1. The molecule has 0 unspecified atom stereocenters. The molecule has 0 aliphatic carbocycles. The van der Waals surface area contributed by atoms with Crippen LogP contribution in [-0.2, 0) is 14.3 Å². The monoisotopic (exact) mass is 144 g/mol. The van der Waals surface area contributed by atoms with E-state index in [1.165, 1.54) is 6.92 Å². The molecule has 0 aromatic rings. The van der Waals surface area contributed by atoms with Crippen LogP contribution in [0.25, 0.3) is 0 Å². The van der Waals surface area contributed by atoms with Gasteiger partial charge in [-0.15, -0.1) is 0 Å². The number of hydrogen-bond donors (Lipinski definition) is 0. The molecule has 0 aromatic carbocycles. The third kappa shape index (κ3) is 5.15. The summed E-state index contributed by atoms with van der Waals surface area (Å²) < 4.78 is 9.43. The highest BCUT2D eigenvalue weighted by molar-refractivity contribution is 5.66. The van der Waals surface area contributed by atoms with Crippen molar-refractivity contribution in [2.45, 2.75) is 26.9 Å². The predicted octanol–water partition coefficient (Wildman–Crippen LogP) is 1.45. The van der Waals surface area contributed by atoms with Gasteiger partial charge in [0.05, 0.1) is 6.10 Å². The van der Waals surface area contributed by atoms with Gasteiger partial charge in [0, 0.05) is 6.92 Å². The van der Waals surface area contributed by atoms with Crippen LogP contribution in [0.5, 0.6) is 0 Å². The van der Waals surface area contributed by atoms with Crippen molar-refractivity contribution in [2.75, 3.05) is 0 Å². The maximum Gasteiger partial charge on any atom is 0.310 e. The van der Waals surface area contributed by atoms with Gasteiger partial charge in [0.25, 0.3) is 5.95 Å². The van der Waals surface area contributed by atoms with Gasteiger partial charge in [-0.25, -0.2) is 0 Å². The molecule has 0 rings (SSSR count). The lowest BCUT2D eigenvalue weighted by molar-refractivity contribution is -0.143. The van der Waals surface area contributed by atoms with E-state index >= 15 is 0 Å². The maximum atomic E-state index is 10.3. The van der Waals surface area contributed by atoms with Gasteiger partial charge in [0.15, 0.2) is 0 Å². The van der Waals surface area contributed by atoms with Crippen molar-refractivity contribution in [2.24, 2.45) is 0 Å². The molecule has 0 saturated carbocycles. The second-order valence-corrected chi connectivity index (χ2v) is 2.13. The standard InChI is InChI=1S/C7H12O3/c1-5(2)9-7(4)10-6(3)8/h5H,4H2,1-3H3. The predicted molar refractivity (Wildman–Crippen MR) is 37.1 cm³/mol. The van der Waals surface area contributed by atoms with Crippen LogP contribution in [0.15, 0.2) is 12.5 Å². The van der Waals surface area contributed by atoms with E-state index in [1.54, 1.807) is 0 Å². The van der Waals surface area contributed by atoms with E-state index in [0.717, 1.165) is 0 Å². The third-order valence-corrected chi connectivity index (χ3v) is 0.625. The van der Waals surface area contributed by atoms with Gasteiger partial charge in [0.2, 0.25) is 0 Å². The van der Waals surface area contributed by atoms with Crippen LogP contribution in [0.4, 0.5) is 0 Å². The lowest BCUT2D eigenvalue weighted by atomic mass is 10.5. The lowest BCUT2D eigenvalue weighted by Gasteiger charge is -2.09. The van der Waals surface area contributed by atoms with Crippen molar-refractivity contribution in [3.05, 3.63) is 12.5 Å². The van der Waals surface area contributed by atoms with E-state index in [4.69, 9.17) is 4.74 Å². The average Bonchev–Trinajstić information content (AvgIpc) is 1.58. The molecule has 0 aromatic heterocycles. The van der Waals surface area contributed by atoms with Crippen LogP contribution in [0.3, 0.4) is 0 Å². The summed E-state index contributed by atoms with van der Waals surface area (Å²) in [6.45, 7) is 8.33. The molecule has 0 aliphatic heterocycles. The summed E-state index contributed by atoms with van der Waals surface area (Å²) in [5, 5.41) is 0. The Labute approximate surface area is 60.6 Å². The summed E-state index contributed by atoms with van der Waals surface area (Å²) in [5.74, 6) is -0.354. The third-order valence-electron chi connectivity index (χ3n) is 0.625. The molecular weight excluding hydrogens is 132 g/mol. The van der Waals surface area contributed by atoms with Crippen LogP contribution in [0.1, 0.15) is 20.8 Å². The van der Waals surface area contributed by atoms with Gasteiger partial charge in [-0.1, -0.05) is 0 Å². The van der Waals surface area contributed by atoms with Gasteiger partial charge >= 0.3 is 5.97 Å². The molecule has 0 radical (unpaired) electrons. The zero-order valence-electron chi connectivity index (χ0n) is 6.51. The fraction of sp³-hybridized carbons (Fsp3) is 0.571. The molecule has 0 bridgehead atoms. The molecule has 10 heavy (non-hydrogen) atoms. The maximum absolute atomic E-state index is 10.3. The van der Waals surface area contributed by atoms with Crippen LogP contribution >= 0.6 is 0 Å². The van der Waals surface area contributed by atoms with Crippen LogP contribution in [-0.4, -0.2) is 12.1 Å². The Balaban J connectivity index is 3.54. The molecule has 0 heterocycles. The number of rotatable bonds is 3. The highest BCUT2D eigenvalue weighted by Crippen LogP contribution is 2.00. The lowest BCUT2D eigenvalue weighted by Crippen LogP contribution is -2.06. The molecule has 0 N–H and O–H groups in total. The summed E-state index contributed by atoms with van der Waals surface area (Å²) in [7, 11) is 0. The number of hydrogen-bond acceptors (Lipinski definition) is 3. The highest BCUT2D eigenvalue weighted by atomic mass is 16.7. The van der Waals surface area contributed by atoms with Crippen molar-refractivity contribution < 1.29 is 14.3 Å². The first kappa shape index (κ1) is 9.01. The van der Waals surface area contributed by atoms with Crippen molar-refractivity contribution >= 4 is 5.97 Å². The number of esters is 1. The minimum atomic E-state index is -0.411. The second kappa shape index (κ2) is 3.93. The Morgan fingerprint density at radius 3 is 2.30 bits per heavy atom. The van der Waals surface area contributed by atoms with Crippen LogP contribution in [0.2, 0.25) is 0 Å². The smallest absolute Gasteiger partial charge is 0.310 e. The molecular formula is C7H12O3. The number of carbonyl (C=O) groups is 1. The van der Waals surface area contributed by atoms with Crippen molar-refractivity contribution in [1.29, 1.82) is 0 Å². The van der Waals surface area contributed by atoms with Crippen molar-refractivity contribution in [1.82, 2.24) is 0 Å². The molecule has 0 fully saturated rings. The van der Waals surface area contributed by atoms with E-state index in [1.807, 2.05) is 13.8 Å². The van der Waals surface area contributed by atoms with E-state index in [9.17, 15) is 4.79 Å². The first-order valence-electron chi connectivity index (χ1n) is 3.06. The van der Waals surface area contributed by atoms with Gasteiger partial charge in [-0.2, -0.15) is 0 Å². The first-order chi connectivity index (χ1) is 4.52. The summed E-state index contributed by atoms with van der Waals surface area (Å²) >= 11 is 0. The largest absolute Gasteiger partial charge is 0.463 e. The fourth-order valence-electron chi connectivity index (χ4n) is 0.447. The molecule has 3 heteroatoms. The Bertz CT molecular complexity index is 138. The highest BCUT2D eigenvalue weighted by Gasteiger charge is 2.00. The zero-order chi connectivity index (χ0) is 8.15. The molecule has 3 nitrogen and oxygen atoms in total. The molecule has 0 saturated heterocycles. The summed E-state index contributed by atoms with van der Waals surface area (Å²) in [6, 6.07) is 0. The van der Waals surface area contributed by atoms with Crippen molar-refractivity contribution in [3.63, 3.8) is 0 Å². The summed E-state index contributed by atoms with van der Waals surface area (Å²) in [6.07, 6.45) is -0.00755. The second-order valence-electron chi connectivity index (χ2n) is 2.13. The molecule has 0 aliphatic rings. The van der Waals surface area contributed by atoms with Crippen LogP contribution in [0, 0.1) is 0 Å². The Morgan fingerprint density at radius 1 is 1.50 bits per heavy atom. The van der Waals surface area contributed by atoms with E-state index in [-0.39, 0.29) is 12.0 Å². The molecule has 0 amide bonds. The number of ether oxygens (including phenoxy) is 2. The molecule has 0 atom stereocenters. The Hall–Kier alpha value is -0.990. The SMILES string of the molecule is C=C(OC(C)=O)OC(C)C. The normalized spacial score (nSPS) is 9.20. The molecule has 0 spiro atoms.